The van der Waals surface area contributed by atoms with Crippen LogP contribution in [0.3, 0.4) is 0 Å². The monoisotopic (exact) mass is 155 g/mol. The predicted molar refractivity (Wildman–Crippen MR) is 43.4 cm³/mol. The zero-order valence-corrected chi connectivity index (χ0v) is 7.16. The minimum absolute atomic E-state index is 0.795. The van der Waals surface area contributed by atoms with E-state index >= 15 is 0 Å². The second-order valence-electron chi connectivity index (χ2n) is 4.28. The van der Waals surface area contributed by atoms with Crippen LogP contribution in [0.4, 0.5) is 0 Å². The zero-order chi connectivity index (χ0) is 7.84. The quantitative estimate of drug-likeness (QED) is 0.614. The molecule has 2 heteroatoms. The fraction of sp³-hybridized carbons (Fsp3) is 1.00. The first-order chi connectivity index (χ1) is 5.25. The van der Waals surface area contributed by atoms with Crippen molar-refractivity contribution in [1.29, 1.82) is 0 Å². The maximum absolute atomic E-state index is 9.07. The maximum atomic E-state index is 9.07. The van der Waals surface area contributed by atoms with E-state index in [0.717, 1.165) is 24.3 Å². The molecular formula is C9H17NO. The summed E-state index contributed by atoms with van der Waals surface area (Å²) in [6, 6.07) is 0. The third kappa shape index (κ3) is 1.42. The first-order valence-corrected chi connectivity index (χ1v) is 4.65. The van der Waals surface area contributed by atoms with Gasteiger partial charge < -0.3 is 5.21 Å². The third-order valence-corrected chi connectivity index (χ3v) is 3.38. The maximum Gasteiger partial charge on any atom is 0.0266 e. The molecule has 3 atom stereocenters. The van der Waals surface area contributed by atoms with Crippen molar-refractivity contribution < 1.29 is 5.21 Å². The van der Waals surface area contributed by atoms with Gasteiger partial charge >= 0.3 is 0 Å². The van der Waals surface area contributed by atoms with Crippen molar-refractivity contribution in [2.75, 3.05) is 13.6 Å². The number of rotatable bonds is 2. The topological polar surface area (TPSA) is 23.5 Å². The summed E-state index contributed by atoms with van der Waals surface area (Å²) < 4.78 is 0. The van der Waals surface area contributed by atoms with Gasteiger partial charge in [0.05, 0.1) is 0 Å². The molecule has 0 aromatic carbocycles. The molecule has 0 heterocycles. The lowest BCUT2D eigenvalue weighted by atomic mass is 9.89. The Balaban J connectivity index is 1.87. The van der Waals surface area contributed by atoms with Gasteiger partial charge in [0.1, 0.15) is 0 Å². The lowest BCUT2D eigenvalue weighted by Gasteiger charge is -2.23. The van der Waals surface area contributed by atoms with Crippen molar-refractivity contribution in [1.82, 2.24) is 5.06 Å². The summed E-state index contributed by atoms with van der Waals surface area (Å²) in [5, 5.41) is 10.4. The van der Waals surface area contributed by atoms with Gasteiger partial charge in [0, 0.05) is 13.6 Å². The Morgan fingerprint density at radius 3 is 2.64 bits per heavy atom. The average Bonchev–Trinajstić information content (AvgIpc) is 2.45. The molecule has 2 aliphatic carbocycles. The van der Waals surface area contributed by atoms with E-state index in [1.165, 1.54) is 30.7 Å². The van der Waals surface area contributed by atoms with E-state index in [-0.39, 0.29) is 0 Å². The first kappa shape index (κ1) is 7.56. The second-order valence-corrected chi connectivity index (χ2v) is 4.28. The van der Waals surface area contributed by atoms with Crippen molar-refractivity contribution in [2.24, 2.45) is 17.8 Å². The minimum Gasteiger partial charge on any atom is -0.314 e. The molecule has 64 valence electrons. The number of hydrogen-bond donors (Lipinski definition) is 1. The largest absolute Gasteiger partial charge is 0.314 e. The van der Waals surface area contributed by atoms with E-state index in [1.807, 2.05) is 0 Å². The van der Waals surface area contributed by atoms with Crippen LogP contribution in [-0.4, -0.2) is 23.9 Å². The van der Waals surface area contributed by atoms with Gasteiger partial charge in [0.25, 0.3) is 0 Å². The molecule has 0 amide bonds. The second kappa shape index (κ2) is 2.76. The fourth-order valence-electron chi connectivity index (χ4n) is 2.94. The summed E-state index contributed by atoms with van der Waals surface area (Å²) in [6.45, 7) is 0.890. The normalized spacial score (nSPS) is 42.3. The minimum atomic E-state index is 0.795. The van der Waals surface area contributed by atoms with Crippen LogP contribution in [-0.2, 0) is 0 Å². The van der Waals surface area contributed by atoms with Gasteiger partial charge in [-0.05, 0) is 37.0 Å². The molecule has 11 heavy (non-hydrogen) atoms. The summed E-state index contributed by atoms with van der Waals surface area (Å²) in [6.07, 6.45) is 5.69. The summed E-state index contributed by atoms with van der Waals surface area (Å²) in [4.78, 5) is 0. The Labute approximate surface area is 68.2 Å². The van der Waals surface area contributed by atoms with Crippen molar-refractivity contribution >= 4 is 0 Å². The molecule has 2 fully saturated rings. The van der Waals surface area contributed by atoms with Gasteiger partial charge in [-0.1, -0.05) is 6.42 Å². The molecule has 0 aromatic rings. The Hall–Kier alpha value is -0.0800. The van der Waals surface area contributed by atoms with Crippen LogP contribution in [0.1, 0.15) is 25.7 Å². The molecule has 0 radical (unpaired) electrons. The Kier molecular flexibility index (Phi) is 1.90. The van der Waals surface area contributed by atoms with Crippen LogP contribution in [0.2, 0.25) is 0 Å². The van der Waals surface area contributed by atoms with Gasteiger partial charge in [-0.3, -0.25) is 0 Å². The average molecular weight is 155 g/mol. The molecular weight excluding hydrogens is 138 g/mol. The Morgan fingerprint density at radius 1 is 1.36 bits per heavy atom. The van der Waals surface area contributed by atoms with Crippen molar-refractivity contribution in [3.63, 3.8) is 0 Å². The van der Waals surface area contributed by atoms with Gasteiger partial charge in [-0.2, -0.15) is 5.06 Å². The summed E-state index contributed by atoms with van der Waals surface area (Å²) in [5.74, 6) is 2.74. The summed E-state index contributed by atoms with van der Waals surface area (Å²) in [7, 11) is 1.76. The molecule has 0 spiro atoms. The van der Waals surface area contributed by atoms with Gasteiger partial charge in [-0.25, -0.2) is 0 Å². The molecule has 2 saturated carbocycles. The van der Waals surface area contributed by atoms with Crippen molar-refractivity contribution in [3.05, 3.63) is 0 Å². The lowest BCUT2D eigenvalue weighted by molar-refractivity contribution is -0.0809. The number of nitrogens with zero attached hydrogens (tertiary/aromatic N) is 1. The fourth-order valence-corrected chi connectivity index (χ4v) is 2.94. The van der Waals surface area contributed by atoms with E-state index in [9.17, 15) is 0 Å². The smallest absolute Gasteiger partial charge is 0.0266 e. The molecule has 2 bridgehead atoms. The van der Waals surface area contributed by atoms with Crippen molar-refractivity contribution in [2.45, 2.75) is 25.7 Å². The van der Waals surface area contributed by atoms with E-state index < -0.39 is 0 Å². The first-order valence-electron chi connectivity index (χ1n) is 4.65. The molecule has 0 aromatic heterocycles. The van der Waals surface area contributed by atoms with Crippen LogP contribution in [0.25, 0.3) is 0 Å². The summed E-state index contributed by atoms with van der Waals surface area (Å²) in [5.41, 5.74) is 0. The van der Waals surface area contributed by atoms with Gasteiger partial charge in [0.2, 0.25) is 0 Å². The number of hydrogen-bond acceptors (Lipinski definition) is 2. The van der Waals surface area contributed by atoms with Crippen LogP contribution < -0.4 is 0 Å². The van der Waals surface area contributed by atoms with E-state index in [4.69, 9.17) is 5.21 Å². The SMILES string of the molecule is CN(O)CC1CC2CCC1C2. The number of fused-ring (bicyclic) bond motifs is 2. The molecule has 3 unspecified atom stereocenters. The number of hydroxylamine groups is 2. The van der Waals surface area contributed by atoms with Crippen molar-refractivity contribution in [3.8, 4) is 0 Å². The van der Waals surface area contributed by atoms with Crippen LogP contribution >= 0.6 is 0 Å². The highest BCUT2D eigenvalue weighted by Crippen LogP contribution is 2.48. The molecule has 2 aliphatic rings. The highest BCUT2D eigenvalue weighted by atomic mass is 16.5. The predicted octanol–water partition coefficient (Wildman–Crippen LogP) is 1.74. The van der Waals surface area contributed by atoms with E-state index in [0.29, 0.717) is 0 Å². The zero-order valence-electron chi connectivity index (χ0n) is 7.16. The van der Waals surface area contributed by atoms with E-state index in [1.54, 1.807) is 7.05 Å². The highest BCUT2D eigenvalue weighted by molar-refractivity contribution is 4.90. The molecule has 0 saturated heterocycles. The third-order valence-electron chi connectivity index (χ3n) is 3.38. The standard InChI is InChI=1S/C9H17NO/c1-10(11)6-9-5-7-2-3-8(9)4-7/h7-9,11H,2-6H2,1H3. The Bertz CT molecular complexity index is 146. The Morgan fingerprint density at radius 2 is 2.18 bits per heavy atom. The van der Waals surface area contributed by atoms with E-state index in [2.05, 4.69) is 0 Å². The lowest BCUT2D eigenvalue weighted by Crippen LogP contribution is -2.25. The molecule has 0 aliphatic heterocycles. The molecule has 2 nitrogen and oxygen atoms in total. The van der Waals surface area contributed by atoms with Gasteiger partial charge in [-0.15, -0.1) is 0 Å². The van der Waals surface area contributed by atoms with Gasteiger partial charge in [0.15, 0.2) is 0 Å². The highest BCUT2D eigenvalue weighted by Gasteiger charge is 2.39. The van der Waals surface area contributed by atoms with Crippen LogP contribution in [0, 0.1) is 17.8 Å². The van der Waals surface area contributed by atoms with Crippen LogP contribution in [0.5, 0.6) is 0 Å². The summed E-state index contributed by atoms with van der Waals surface area (Å²) >= 11 is 0. The van der Waals surface area contributed by atoms with Crippen LogP contribution in [0.15, 0.2) is 0 Å². The molecule has 1 N–H and O–H groups in total. The molecule has 2 rings (SSSR count).